The molecule has 1 aromatic carbocycles. The summed E-state index contributed by atoms with van der Waals surface area (Å²) in [4.78, 5) is 0. The van der Waals surface area contributed by atoms with E-state index in [9.17, 15) is 0 Å². The van der Waals surface area contributed by atoms with Gasteiger partial charge in [-0.3, -0.25) is 0 Å². The number of hydrogen-bond donors (Lipinski definition) is 2. The predicted molar refractivity (Wildman–Crippen MR) is 53.4 cm³/mol. The molecule has 0 saturated carbocycles. The van der Waals surface area contributed by atoms with Crippen LogP contribution in [0.4, 0.5) is 5.69 Å². The van der Waals surface area contributed by atoms with Crippen LogP contribution in [0.15, 0.2) is 24.3 Å². The van der Waals surface area contributed by atoms with E-state index < -0.39 is 0 Å². The molecule has 66 valence electrons. The third-order valence-electron chi connectivity index (χ3n) is 1.75. The van der Waals surface area contributed by atoms with Crippen molar-refractivity contribution in [3.05, 3.63) is 29.8 Å². The highest BCUT2D eigenvalue weighted by molar-refractivity contribution is 5.50. The molecule has 1 aromatic rings. The highest BCUT2D eigenvalue weighted by Gasteiger charge is 1.96. The summed E-state index contributed by atoms with van der Waals surface area (Å²) in [6, 6.07) is 8.36. The molecule has 0 unspecified atom stereocenters. The zero-order chi connectivity index (χ0) is 8.81. The van der Waals surface area contributed by atoms with E-state index in [0.29, 0.717) is 0 Å². The van der Waals surface area contributed by atoms with Crippen molar-refractivity contribution in [2.45, 2.75) is 13.5 Å². The minimum absolute atomic E-state index is 0.920. The zero-order valence-corrected chi connectivity index (χ0v) is 7.72. The molecule has 0 aromatic heterocycles. The molecule has 1 rings (SSSR count). The quantitative estimate of drug-likeness (QED) is 0.709. The highest BCUT2D eigenvalue weighted by Crippen LogP contribution is 2.13. The molecule has 0 amide bonds. The summed E-state index contributed by atoms with van der Waals surface area (Å²) >= 11 is 0. The summed E-state index contributed by atoms with van der Waals surface area (Å²) in [7, 11) is 1.96. The van der Waals surface area contributed by atoms with Crippen molar-refractivity contribution in [2.24, 2.45) is 0 Å². The van der Waals surface area contributed by atoms with Crippen LogP contribution in [0.5, 0.6) is 0 Å². The van der Waals surface area contributed by atoms with Gasteiger partial charge in [-0.05, 0) is 25.6 Å². The van der Waals surface area contributed by atoms with Crippen molar-refractivity contribution in [1.82, 2.24) is 5.32 Å². The van der Waals surface area contributed by atoms with Crippen molar-refractivity contribution in [2.75, 3.05) is 18.9 Å². The van der Waals surface area contributed by atoms with E-state index in [4.69, 9.17) is 0 Å². The summed E-state index contributed by atoms with van der Waals surface area (Å²) in [6.45, 7) is 4.00. The third-order valence-corrected chi connectivity index (χ3v) is 1.75. The van der Waals surface area contributed by atoms with Gasteiger partial charge in [-0.2, -0.15) is 0 Å². The molecular formula is C10H16N2. The van der Waals surface area contributed by atoms with Crippen LogP contribution in [0.3, 0.4) is 0 Å². The van der Waals surface area contributed by atoms with E-state index >= 15 is 0 Å². The predicted octanol–water partition coefficient (Wildman–Crippen LogP) is 1.84. The van der Waals surface area contributed by atoms with Gasteiger partial charge in [0.25, 0.3) is 0 Å². The van der Waals surface area contributed by atoms with E-state index in [1.807, 2.05) is 7.05 Å². The second-order valence-corrected chi connectivity index (χ2v) is 2.72. The Morgan fingerprint density at radius 1 is 1.25 bits per heavy atom. The van der Waals surface area contributed by atoms with Crippen molar-refractivity contribution in [3.8, 4) is 0 Å². The molecule has 12 heavy (non-hydrogen) atoms. The second-order valence-electron chi connectivity index (χ2n) is 2.72. The molecule has 0 fully saturated rings. The van der Waals surface area contributed by atoms with Crippen LogP contribution in [0.2, 0.25) is 0 Å². The lowest BCUT2D eigenvalue weighted by molar-refractivity contribution is 0.818. The number of rotatable bonds is 4. The molecule has 0 aliphatic carbocycles. The molecule has 0 saturated heterocycles. The van der Waals surface area contributed by atoms with E-state index in [-0.39, 0.29) is 0 Å². The molecule has 0 radical (unpaired) electrons. The van der Waals surface area contributed by atoms with Crippen LogP contribution < -0.4 is 10.6 Å². The Kier molecular flexibility index (Phi) is 3.61. The van der Waals surface area contributed by atoms with E-state index in [1.165, 1.54) is 11.3 Å². The Bertz CT molecular complexity index is 208. The van der Waals surface area contributed by atoms with Gasteiger partial charge in [0.1, 0.15) is 0 Å². The molecule has 2 N–H and O–H groups in total. The number of anilines is 1. The van der Waals surface area contributed by atoms with Crippen LogP contribution in [0.25, 0.3) is 0 Å². The summed E-state index contributed by atoms with van der Waals surface area (Å²) in [6.07, 6.45) is 0. The summed E-state index contributed by atoms with van der Waals surface area (Å²) < 4.78 is 0. The summed E-state index contributed by atoms with van der Waals surface area (Å²) in [5.41, 5.74) is 2.55. The van der Waals surface area contributed by atoms with Gasteiger partial charge in [0, 0.05) is 18.8 Å². The van der Waals surface area contributed by atoms with Gasteiger partial charge in [-0.1, -0.05) is 18.2 Å². The molecule has 2 nitrogen and oxygen atoms in total. The first-order chi connectivity index (χ1) is 5.88. The lowest BCUT2D eigenvalue weighted by atomic mass is 10.2. The van der Waals surface area contributed by atoms with Crippen molar-refractivity contribution in [3.63, 3.8) is 0 Å². The highest BCUT2D eigenvalue weighted by atomic mass is 14.9. The largest absolute Gasteiger partial charge is 0.385 e. The SMILES string of the molecule is CCNc1ccccc1CNC. The average molecular weight is 164 g/mol. The molecular weight excluding hydrogens is 148 g/mol. The zero-order valence-electron chi connectivity index (χ0n) is 7.72. The lowest BCUT2D eigenvalue weighted by Crippen LogP contribution is -2.08. The molecule has 0 bridgehead atoms. The smallest absolute Gasteiger partial charge is 0.0385 e. The number of para-hydroxylation sites is 1. The molecule has 2 heteroatoms. The van der Waals surface area contributed by atoms with Crippen molar-refractivity contribution in [1.29, 1.82) is 0 Å². The van der Waals surface area contributed by atoms with E-state index in [2.05, 4.69) is 41.8 Å². The number of benzene rings is 1. The Morgan fingerprint density at radius 2 is 2.00 bits per heavy atom. The molecule has 0 aliphatic heterocycles. The number of nitrogens with one attached hydrogen (secondary N) is 2. The fraction of sp³-hybridized carbons (Fsp3) is 0.400. The van der Waals surface area contributed by atoms with Crippen molar-refractivity contribution < 1.29 is 0 Å². The Hall–Kier alpha value is -1.02. The maximum Gasteiger partial charge on any atom is 0.0385 e. The first kappa shape index (κ1) is 9.07. The normalized spacial score (nSPS) is 9.83. The van der Waals surface area contributed by atoms with Crippen molar-refractivity contribution >= 4 is 5.69 Å². The van der Waals surface area contributed by atoms with Crippen LogP contribution >= 0.6 is 0 Å². The van der Waals surface area contributed by atoms with Gasteiger partial charge >= 0.3 is 0 Å². The molecule has 0 spiro atoms. The monoisotopic (exact) mass is 164 g/mol. The fourth-order valence-corrected chi connectivity index (χ4v) is 1.23. The molecule has 0 heterocycles. The van der Waals surface area contributed by atoms with Crippen LogP contribution in [0, 0.1) is 0 Å². The fourth-order valence-electron chi connectivity index (χ4n) is 1.23. The molecule has 0 aliphatic rings. The maximum absolute atomic E-state index is 3.32. The number of hydrogen-bond acceptors (Lipinski definition) is 2. The third kappa shape index (κ3) is 2.24. The minimum Gasteiger partial charge on any atom is -0.385 e. The van der Waals surface area contributed by atoms with E-state index in [0.717, 1.165) is 13.1 Å². The Labute approximate surface area is 74.0 Å². The van der Waals surface area contributed by atoms with Gasteiger partial charge in [-0.15, -0.1) is 0 Å². The summed E-state index contributed by atoms with van der Waals surface area (Å²) in [5.74, 6) is 0. The van der Waals surface area contributed by atoms with Gasteiger partial charge in [0.2, 0.25) is 0 Å². The second kappa shape index (κ2) is 4.78. The maximum atomic E-state index is 3.32. The van der Waals surface area contributed by atoms with Gasteiger partial charge < -0.3 is 10.6 Å². The summed E-state index contributed by atoms with van der Waals surface area (Å²) in [5, 5.41) is 6.46. The van der Waals surface area contributed by atoms with Gasteiger partial charge in [-0.25, -0.2) is 0 Å². The minimum atomic E-state index is 0.920. The van der Waals surface area contributed by atoms with Crippen LogP contribution in [0.1, 0.15) is 12.5 Å². The first-order valence-corrected chi connectivity index (χ1v) is 4.35. The van der Waals surface area contributed by atoms with Crippen LogP contribution in [-0.4, -0.2) is 13.6 Å². The Balaban J connectivity index is 2.77. The van der Waals surface area contributed by atoms with Crippen LogP contribution in [-0.2, 0) is 6.54 Å². The topological polar surface area (TPSA) is 24.1 Å². The molecule has 0 atom stereocenters. The Morgan fingerprint density at radius 3 is 2.67 bits per heavy atom. The van der Waals surface area contributed by atoms with Gasteiger partial charge in [0.15, 0.2) is 0 Å². The first-order valence-electron chi connectivity index (χ1n) is 4.35. The van der Waals surface area contributed by atoms with E-state index in [1.54, 1.807) is 0 Å². The lowest BCUT2D eigenvalue weighted by Gasteiger charge is -2.09. The average Bonchev–Trinajstić information content (AvgIpc) is 2.09. The van der Waals surface area contributed by atoms with Gasteiger partial charge in [0.05, 0.1) is 0 Å². The standard InChI is InChI=1S/C10H16N2/c1-3-12-10-7-5-4-6-9(10)8-11-2/h4-7,11-12H,3,8H2,1-2H3.